The molecule has 3 aromatic rings. The number of nitrogen functional groups attached to an aromatic ring is 1. The van der Waals surface area contributed by atoms with Gasteiger partial charge in [-0.25, -0.2) is 4.79 Å². The number of nitrogens with two attached hydrogens (primary N) is 1. The van der Waals surface area contributed by atoms with E-state index in [4.69, 9.17) is 10.5 Å². The zero-order valence-corrected chi connectivity index (χ0v) is 16.8. The largest absolute Gasteiger partial charge is 0.448 e. The number of carbonyl (C=O) groups excluding carboxylic acids is 1. The fourth-order valence-corrected chi connectivity index (χ4v) is 5.67. The first-order chi connectivity index (χ1) is 14.7. The third kappa shape index (κ3) is 2.49. The number of likely N-dealkylation sites (tertiary alicyclic amines) is 1. The second-order valence-corrected chi connectivity index (χ2v) is 8.83. The van der Waals surface area contributed by atoms with Gasteiger partial charge >= 0.3 is 6.09 Å². The lowest BCUT2D eigenvalue weighted by atomic mass is 9.93. The van der Waals surface area contributed by atoms with Crippen LogP contribution in [0.25, 0.3) is 11.1 Å². The Hall–Kier alpha value is -3.27. The Morgan fingerprint density at radius 1 is 0.967 bits per heavy atom. The second-order valence-electron chi connectivity index (χ2n) is 8.83. The van der Waals surface area contributed by atoms with Gasteiger partial charge in [0.15, 0.2) is 0 Å². The summed E-state index contributed by atoms with van der Waals surface area (Å²) in [6.45, 7) is 1.82. The highest BCUT2D eigenvalue weighted by molar-refractivity contribution is 5.79. The number of ether oxygens (including phenoxy) is 1. The molecule has 6 rings (SSSR count). The predicted molar refractivity (Wildman–Crippen MR) is 117 cm³/mol. The highest BCUT2D eigenvalue weighted by atomic mass is 16.6. The van der Waals surface area contributed by atoms with Crippen molar-refractivity contribution in [1.29, 1.82) is 0 Å². The molecule has 2 fully saturated rings. The average molecular weight is 396 g/mol. The van der Waals surface area contributed by atoms with E-state index in [1.54, 1.807) is 0 Å². The van der Waals surface area contributed by atoms with E-state index in [1.807, 2.05) is 23.1 Å². The minimum atomic E-state index is -0.210. The molecule has 1 saturated heterocycles. The standard InChI is InChI=1S/C26H24N2O2/c27-24-12-6-5-11-23(24)26-13-17(26)14-28(16-26)25(29)30-15-22-20-9-3-1-7-18(20)19-8-2-4-10-21(19)22/h1-12,17,22H,13-16,27H2. The van der Waals surface area contributed by atoms with Crippen LogP contribution in [-0.4, -0.2) is 30.7 Å². The number of amides is 1. The summed E-state index contributed by atoms with van der Waals surface area (Å²) in [5.41, 5.74) is 13.2. The summed E-state index contributed by atoms with van der Waals surface area (Å²) >= 11 is 0. The predicted octanol–water partition coefficient (Wildman–Crippen LogP) is 4.79. The van der Waals surface area contributed by atoms with Gasteiger partial charge in [-0.05, 0) is 46.2 Å². The van der Waals surface area contributed by atoms with E-state index in [-0.39, 0.29) is 17.4 Å². The van der Waals surface area contributed by atoms with Gasteiger partial charge in [0.05, 0.1) is 0 Å². The molecule has 30 heavy (non-hydrogen) atoms. The van der Waals surface area contributed by atoms with E-state index < -0.39 is 0 Å². The van der Waals surface area contributed by atoms with Crippen LogP contribution in [0.3, 0.4) is 0 Å². The molecule has 3 aliphatic rings. The third-order valence-corrected chi connectivity index (χ3v) is 7.24. The fourth-order valence-electron chi connectivity index (χ4n) is 5.67. The molecule has 2 atom stereocenters. The summed E-state index contributed by atoms with van der Waals surface area (Å²) in [6.07, 6.45) is 0.895. The first-order valence-electron chi connectivity index (χ1n) is 10.6. The van der Waals surface area contributed by atoms with Gasteiger partial charge in [-0.3, -0.25) is 0 Å². The van der Waals surface area contributed by atoms with Crippen molar-refractivity contribution in [3.8, 4) is 11.1 Å². The molecule has 1 saturated carbocycles. The van der Waals surface area contributed by atoms with Crippen LogP contribution in [0.5, 0.6) is 0 Å². The lowest BCUT2D eigenvalue weighted by Gasteiger charge is -2.23. The Morgan fingerprint density at radius 3 is 2.30 bits per heavy atom. The Bertz CT molecular complexity index is 1110. The van der Waals surface area contributed by atoms with E-state index in [0.29, 0.717) is 19.1 Å². The van der Waals surface area contributed by atoms with E-state index in [9.17, 15) is 4.79 Å². The molecular weight excluding hydrogens is 372 g/mol. The van der Waals surface area contributed by atoms with E-state index >= 15 is 0 Å². The van der Waals surface area contributed by atoms with Crippen LogP contribution in [0.2, 0.25) is 0 Å². The number of hydrogen-bond acceptors (Lipinski definition) is 3. The lowest BCUT2D eigenvalue weighted by Crippen LogP contribution is -2.34. The molecule has 2 aliphatic carbocycles. The number of piperidine rings is 1. The maximum Gasteiger partial charge on any atom is 0.409 e. The molecule has 0 bridgehead atoms. The maximum atomic E-state index is 12.9. The van der Waals surface area contributed by atoms with Gasteiger partial charge in [-0.2, -0.15) is 0 Å². The van der Waals surface area contributed by atoms with Crippen LogP contribution in [0.1, 0.15) is 29.0 Å². The van der Waals surface area contributed by atoms with Crippen LogP contribution in [0, 0.1) is 5.92 Å². The molecule has 4 heteroatoms. The molecule has 1 aliphatic heterocycles. The number of hydrogen-bond donors (Lipinski definition) is 1. The topological polar surface area (TPSA) is 55.6 Å². The Labute approximate surface area is 176 Å². The minimum Gasteiger partial charge on any atom is -0.448 e. The van der Waals surface area contributed by atoms with Gasteiger partial charge in [0, 0.05) is 30.1 Å². The van der Waals surface area contributed by atoms with Crippen LogP contribution < -0.4 is 5.73 Å². The molecule has 0 spiro atoms. The number of benzene rings is 3. The highest BCUT2D eigenvalue weighted by Gasteiger charge is 2.62. The van der Waals surface area contributed by atoms with Gasteiger partial charge in [-0.1, -0.05) is 66.7 Å². The van der Waals surface area contributed by atoms with Gasteiger partial charge in [0.1, 0.15) is 6.61 Å². The maximum absolute atomic E-state index is 12.9. The molecule has 0 radical (unpaired) electrons. The van der Waals surface area contributed by atoms with Crippen molar-refractivity contribution in [3.05, 3.63) is 89.5 Å². The van der Waals surface area contributed by atoms with E-state index in [1.165, 1.54) is 27.8 Å². The second kappa shape index (κ2) is 6.36. The van der Waals surface area contributed by atoms with Crippen molar-refractivity contribution in [2.45, 2.75) is 17.8 Å². The molecule has 1 heterocycles. The first kappa shape index (κ1) is 17.6. The van der Waals surface area contributed by atoms with Crippen molar-refractivity contribution in [2.24, 2.45) is 5.92 Å². The number of anilines is 1. The third-order valence-electron chi connectivity index (χ3n) is 7.24. The molecule has 4 nitrogen and oxygen atoms in total. The Kier molecular flexibility index (Phi) is 3.73. The molecule has 150 valence electrons. The van der Waals surface area contributed by atoms with Crippen molar-refractivity contribution in [2.75, 3.05) is 25.4 Å². The summed E-state index contributed by atoms with van der Waals surface area (Å²) in [5, 5.41) is 0. The van der Waals surface area contributed by atoms with Crippen LogP contribution in [0.4, 0.5) is 10.5 Å². The van der Waals surface area contributed by atoms with E-state index in [2.05, 4.69) is 54.6 Å². The molecule has 3 aromatic carbocycles. The van der Waals surface area contributed by atoms with Crippen molar-refractivity contribution in [1.82, 2.24) is 4.90 Å². The van der Waals surface area contributed by atoms with Crippen molar-refractivity contribution < 1.29 is 9.53 Å². The van der Waals surface area contributed by atoms with E-state index in [0.717, 1.165) is 18.7 Å². The highest BCUT2D eigenvalue weighted by Crippen LogP contribution is 2.60. The SMILES string of the molecule is Nc1ccccc1C12CC1CN(C(=O)OCC1c3ccccc3-c3ccccc31)C2. The monoisotopic (exact) mass is 396 g/mol. The zero-order valence-electron chi connectivity index (χ0n) is 16.8. The Morgan fingerprint density at radius 2 is 1.60 bits per heavy atom. The molecule has 0 aromatic heterocycles. The quantitative estimate of drug-likeness (QED) is 0.648. The molecule has 2 N–H and O–H groups in total. The van der Waals surface area contributed by atoms with Crippen molar-refractivity contribution in [3.63, 3.8) is 0 Å². The summed E-state index contributed by atoms with van der Waals surface area (Å²) in [7, 11) is 0. The summed E-state index contributed by atoms with van der Waals surface area (Å²) < 4.78 is 5.86. The zero-order chi connectivity index (χ0) is 20.3. The van der Waals surface area contributed by atoms with Gasteiger partial charge in [0.2, 0.25) is 0 Å². The molecule has 1 amide bonds. The summed E-state index contributed by atoms with van der Waals surface area (Å²) in [4.78, 5) is 14.8. The van der Waals surface area contributed by atoms with Crippen molar-refractivity contribution >= 4 is 11.8 Å². The van der Waals surface area contributed by atoms with Gasteiger partial charge < -0.3 is 15.4 Å². The van der Waals surface area contributed by atoms with Gasteiger partial charge in [-0.15, -0.1) is 0 Å². The van der Waals surface area contributed by atoms with Gasteiger partial charge in [0.25, 0.3) is 0 Å². The van der Waals surface area contributed by atoms with Crippen LogP contribution in [-0.2, 0) is 10.2 Å². The first-order valence-corrected chi connectivity index (χ1v) is 10.6. The molecule has 2 unspecified atom stereocenters. The smallest absolute Gasteiger partial charge is 0.409 e. The van der Waals surface area contributed by atoms with Crippen LogP contribution in [0.15, 0.2) is 72.8 Å². The number of nitrogens with zero attached hydrogens (tertiary/aromatic N) is 1. The fraction of sp³-hybridized carbons (Fsp3) is 0.269. The number of para-hydroxylation sites is 1. The molecular formula is C26H24N2O2. The lowest BCUT2D eigenvalue weighted by molar-refractivity contribution is 0.103. The summed E-state index contributed by atoms with van der Waals surface area (Å²) in [6, 6.07) is 24.9. The number of rotatable bonds is 3. The number of fused-ring (bicyclic) bond motifs is 4. The minimum absolute atomic E-state index is 0.0247. The number of carbonyl (C=O) groups is 1. The van der Waals surface area contributed by atoms with Crippen LogP contribution >= 0.6 is 0 Å². The normalized spacial score (nSPS) is 23.6. The average Bonchev–Trinajstić information content (AvgIpc) is 3.19. The Balaban J connectivity index is 1.18. The summed E-state index contributed by atoms with van der Waals surface area (Å²) in [5.74, 6) is 0.583.